The van der Waals surface area contributed by atoms with Crippen molar-refractivity contribution in [3.63, 3.8) is 0 Å². The SMILES string of the molecule is CC(C)c1csc(C=Cc2ccn3c(=O)c(/C=C/C(=O)OC(C)(C)C)c(O)nc3c2)n1. The van der Waals surface area contributed by atoms with Crippen LogP contribution in [0.3, 0.4) is 0 Å². The fourth-order valence-electron chi connectivity index (χ4n) is 2.70. The van der Waals surface area contributed by atoms with Crippen LogP contribution in [0.4, 0.5) is 0 Å². The lowest BCUT2D eigenvalue weighted by molar-refractivity contribution is -0.148. The molecule has 3 aromatic heterocycles. The molecule has 0 atom stereocenters. The molecule has 0 saturated heterocycles. The van der Waals surface area contributed by atoms with E-state index in [4.69, 9.17) is 4.74 Å². The molecule has 0 saturated carbocycles. The highest BCUT2D eigenvalue weighted by Gasteiger charge is 2.15. The third-order valence-corrected chi connectivity index (χ3v) is 5.04. The number of carbonyl (C=O) groups excluding carboxylic acids is 1. The first-order valence-electron chi connectivity index (χ1n) is 9.83. The number of fused-ring (bicyclic) bond motifs is 1. The molecule has 31 heavy (non-hydrogen) atoms. The number of aromatic hydroxyl groups is 1. The number of esters is 1. The Bertz CT molecular complexity index is 1230. The molecular formula is C23H25N3O4S. The lowest BCUT2D eigenvalue weighted by Gasteiger charge is -2.17. The van der Waals surface area contributed by atoms with Crippen molar-refractivity contribution < 1.29 is 14.6 Å². The van der Waals surface area contributed by atoms with Crippen molar-refractivity contribution in [2.24, 2.45) is 0 Å². The van der Waals surface area contributed by atoms with Crippen molar-refractivity contribution in [2.75, 3.05) is 0 Å². The van der Waals surface area contributed by atoms with E-state index >= 15 is 0 Å². The van der Waals surface area contributed by atoms with Gasteiger partial charge < -0.3 is 9.84 Å². The molecule has 0 bridgehead atoms. The fraction of sp³-hybridized carbons (Fsp3) is 0.304. The summed E-state index contributed by atoms with van der Waals surface area (Å²) in [5.41, 5.74) is 0.924. The van der Waals surface area contributed by atoms with E-state index in [1.165, 1.54) is 10.5 Å². The van der Waals surface area contributed by atoms with E-state index < -0.39 is 23.0 Å². The Kier molecular flexibility index (Phi) is 6.40. The first-order chi connectivity index (χ1) is 14.5. The van der Waals surface area contributed by atoms with Crippen LogP contribution in [0.5, 0.6) is 5.88 Å². The summed E-state index contributed by atoms with van der Waals surface area (Å²) in [6, 6.07) is 3.46. The van der Waals surface area contributed by atoms with Crippen LogP contribution in [0.1, 0.15) is 62.4 Å². The Morgan fingerprint density at radius 3 is 2.61 bits per heavy atom. The van der Waals surface area contributed by atoms with Crippen LogP contribution in [-0.4, -0.2) is 31.0 Å². The summed E-state index contributed by atoms with van der Waals surface area (Å²) in [6.07, 6.45) is 7.68. The third kappa shape index (κ3) is 5.67. The lowest BCUT2D eigenvalue weighted by Crippen LogP contribution is -2.22. The Balaban J connectivity index is 1.87. The summed E-state index contributed by atoms with van der Waals surface area (Å²) < 4.78 is 6.48. The summed E-state index contributed by atoms with van der Waals surface area (Å²) in [6.45, 7) is 9.42. The molecule has 0 fully saturated rings. The molecule has 162 valence electrons. The van der Waals surface area contributed by atoms with Gasteiger partial charge in [0.25, 0.3) is 5.56 Å². The number of hydrogen-bond acceptors (Lipinski definition) is 7. The van der Waals surface area contributed by atoms with Gasteiger partial charge in [-0.2, -0.15) is 4.98 Å². The van der Waals surface area contributed by atoms with Crippen molar-refractivity contribution in [3.8, 4) is 5.88 Å². The highest BCUT2D eigenvalue weighted by Crippen LogP contribution is 2.20. The number of carbonyl (C=O) groups is 1. The molecule has 3 rings (SSSR count). The van der Waals surface area contributed by atoms with Gasteiger partial charge in [-0.15, -0.1) is 11.3 Å². The number of aromatic nitrogens is 3. The zero-order chi connectivity index (χ0) is 22.8. The van der Waals surface area contributed by atoms with Crippen LogP contribution < -0.4 is 5.56 Å². The Morgan fingerprint density at radius 1 is 1.23 bits per heavy atom. The third-order valence-electron chi connectivity index (χ3n) is 4.21. The normalized spacial score (nSPS) is 12.5. The average molecular weight is 440 g/mol. The van der Waals surface area contributed by atoms with Crippen LogP contribution in [-0.2, 0) is 9.53 Å². The Hall–Kier alpha value is -3.26. The number of rotatable bonds is 5. The van der Waals surface area contributed by atoms with Crippen molar-refractivity contribution in [3.05, 3.63) is 62.0 Å². The van der Waals surface area contributed by atoms with Crippen LogP contribution in [0, 0.1) is 0 Å². The first kappa shape index (κ1) is 22.4. The molecule has 0 aliphatic heterocycles. The van der Waals surface area contributed by atoms with E-state index in [1.807, 2.05) is 17.5 Å². The van der Waals surface area contributed by atoms with Crippen molar-refractivity contribution >= 4 is 41.2 Å². The number of hydrogen-bond donors (Lipinski definition) is 1. The molecule has 0 radical (unpaired) electrons. The van der Waals surface area contributed by atoms with Crippen LogP contribution >= 0.6 is 11.3 Å². The molecule has 0 spiro atoms. The van der Waals surface area contributed by atoms with E-state index in [9.17, 15) is 14.7 Å². The largest absolute Gasteiger partial charge is 0.493 e. The van der Waals surface area contributed by atoms with E-state index in [0.717, 1.165) is 22.3 Å². The molecule has 3 aromatic rings. The minimum atomic E-state index is -0.654. The van der Waals surface area contributed by atoms with Gasteiger partial charge in [-0.05, 0) is 56.5 Å². The molecule has 0 aliphatic carbocycles. The standard InChI is InChI=1S/C23H25N3O4S/c1-14(2)17-13-31-19(24-17)8-6-15-10-11-26-18(12-15)25-21(28)16(22(26)29)7-9-20(27)30-23(3,4)5/h6-14,28H,1-5H3/b8-6?,9-7+. The molecule has 1 N–H and O–H groups in total. The summed E-state index contributed by atoms with van der Waals surface area (Å²) in [5.74, 6) is -0.691. The Labute approximate surface area is 184 Å². The number of pyridine rings is 1. The van der Waals surface area contributed by atoms with Gasteiger partial charge in [0.1, 0.15) is 21.8 Å². The zero-order valence-corrected chi connectivity index (χ0v) is 18.9. The summed E-state index contributed by atoms with van der Waals surface area (Å²) >= 11 is 1.56. The maximum Gasteiger partial charge on any atom is 0.331 e. The van der Waals surface area contributed by atoms with Crippen LogP contribution in [0.2, 0.25) is 0 Å². The molecule has 3 heterocycles. The van der Waals surface area contributed by atoms with Gasteiger partial charge in [-0.25, -0.2) is 9.78 Å². The van der Waals surface area contributed by atoms with E-state index in [0.29, 0.717) is 11.6 Å². The molecule has 0 unspecified atom stereocenters. The van der Waals surface area contributed by atoms with Crippen molar-refractivity contribution in [1.29, 1.82) is 0 Å². The molecule has 0 amide bonds. The maximum atomic E-state index is 12.7. The van der Waals surface area contributed by atoms with E-state index in [-0.39, 0.29) is 5.56 Å². The highest BCUT2D eigenvalue weighted by molar-refractivity contribution is 7.10. The summed E-state index contributed by atoms with van der Waals surface area (Å²) in [4.78, 5) is 33.3. The quantitative estimate of drug-likeness (QED) is 0.464. The number of thiazole rings is 1. The van der Waals surface area contributed by atoms with Crippen LogP contribution in [0.25, 0.3) is 23.9 Å². The minimum absolute atomic E-state index is 0.0874. The molecule has 0 aliphatic rings. The van der Waals surface area contributed by atoms with E-state index in [2.05, 4.69) is 23.8 Å². The predicted octanol–water partition coefficient (Wildman–Crippen LogP) is 4.51. The highest BCUT2D eigenvalue weighted by atomic mass is 32.1. The molecule has 8 heteroatoms. The fourth-order valence-corrected chi connectivity index (χ4v) is 3.57. The van der Waals surface area contributed by atoms with Crippen molar-refractivity contribution in [2.45, 2.75) is 46.1 Å². The lowest BCUT2D eigenvalue weighted by atomic mass is 10.2. The summed E-state index contributed by atoms with van der Waals surface area (Å²) in [7, 11) is 0. The summed E-state index contributed by atoms with van der Waals surface area (Å²) in [5, 5.41) is 13.2. The van der Waals surface area contributed by atoms with Gasteiger partial charge in [0.2, 0.25) is 5.88 Å². The van der Waals surface area contributed by atoms with Gasteiger partial charge in [-0.1, -0.05) is 19.9 Å². The van der Waals surface area contributed by atoms with E-state index in [1.54, 1.807) is 50.4 Å². The minimum Gasteiger partial charge on any atom is -0.493 e. The topological polar surface area (TPSA) is 93.8 Å². The van der Waals surface area contributed by atoms with Gasteiger partial charge in [0, 0.05) is 17.7 Å². The number of ether oxygens (including phenoxy) is 1. The second-order valence-electron chi connectivity index (χ2n) is 8.31. The molecule has 0 aromatic carbocycles. The average Bonchev–Trinajstić information content (AvgIpc) is 3.14. The smallest absolute Gasteiger partial charge is 0.331 e. The number of nitrogens with zero attached hydrogens (tertiary/aromatic N) is 3. The van der Waals surface area contributed by atoms with Gasteiger partial charge in [-0.3, -0.25) is 9.20 Å². The monoisotopic (exact) mass is 439 g/mol. The molecule has 7 nitrogen and oxygen atoms in total. The molecular weight excluding hydrogens is 414 g/mol. The van der Waals surface area contributed by atoms with Crippen LogP contribution in [0.15, 0.2) is 34.6 Å². The second kappa shape index (κ2) is 8.85. The maximum absolute atomic E-state index is 12.7. The zero-order valence-electron chi connectivity index (χ0n) is 18.1. The van der Waals surface area contributed by atoms with Gasteiger partial charge in [0.05, 0.1) is 5.69 Å². The van der Waals surface area contributed by atoms with Crippen molar-refractivity contribution in [1.82, 2.24) is 14.4 Å². The second-order valence-corrected chi connectivity index (χ2v) is 9.20. The predicted molar refractivity (Wildman–Crippen MR) is 123 cm³/mol. The van der Waals surface area contributed by atoms with Gasteiger partial charge >= 0.3 is 5.97 Å². The Morgan fingerprint density at radius 2 is 1.97 bits per heavy atom. The van der Waals surface area contributed by atoms with Gasteiger partial charge in [0.15, 0.2) is 0 Å². The first-order valence-corrected chi connectivity index (χ1v) is 10.7.